The van der Waals surface area contributed by atoms with Crippen LogP contribution in [0.15, 0.2) is 24.9 Å². The smallest absolute Gasteiger partial charge is 0.116 e. The van der Waals surface area contributed by atoms with Crippen LogP contribution in [0.3, 0.4) is 0 Å². The van der Waals surface area contributed by atoms with Crippen molar-refractivity contribution < 1.29 is 0 Å². The second-order valence-corrected chi connectivity index (χ2v) is 1.88. The Kier molecular flexibility index (Phi) is 1.07. The highest BCUT2D eigenvalue weighted by atomic mass is 14.8. The average Bonchev–Trinajstić information content (AvgIpc) is 2.05. The second kappa shape index (κ2) is 2.02. The van der Waals surface area contributed by atoms with E-state index in [0.717, 1.165) is 10.9 Å². The molecule has 0 amide bonds. The number of nitrogens with zero attached hydrogens (tertiary/aromatic N) is 3. The standard InChI is InChI=1S/C7H4N3/c1-2-8-3-6-4-9-5-10-7(1)6/h2-5H. The quantitative estimate of drug-likeness (QED) is 0.530. The summed E-state index contributed by atoms with van der Waals surface area (Å²) < 4.78 is 0. The Morgan fingerprint density at radius 2 is 2.10 bits per heavy atom. The van der Waals surface area contributed by atoms with Crippen molar-refractivity contribution in [2.24, 2.45) is 0 Å². The zero-order valence-corrected chi connectivity index (χ0v) is 5.15. The van der Waals surface area contributed by atoms with E-state index < -0.39 is 0 Å². The van der Waals surface area contributed by atoms with E-state index in [9.17, 15) is 0 Å². The Morgan fingerprint density at radius 1 is 1.20 bits per heavy atom. The van der Waals surface area contributed by atoms with Crippen LogP contribution in [0, 0.1) is 6.07 Å². The summed E-state index contributed by atoms with van der Waals surface area (Å²) in [6.07, 6.45) is 6.52. The number of rotatable bonds is 0. The van der Waals surface area contributed by atoms with Gasteiger partial charge in [0, 0.05) is 30.0 Å². The lowest BCUT2D eigenvalue weighted by Gasteiger charge is -1.89. The number of pyridine rings is 1. The Balaban J connectivity index is 2.89. The van der Waals surface area contributed by atoms with Crippen molar-refractivity contribution in [3.8, 4) is 0 Å². The third kappa shape index (κ3) is 0.719. The Bertz CT molecular complexity index is 280. The van der Waals surface area contributed by atoms with Crippen LogP contribution < -0.4 is 0 Å². The molecule has 2 rings (SSSR count). The van der Waals surface area contributed by atoms with Gasteiger partial charge in [0.2, 0.25) is 0 Å². The molecule has 0 aliphatic carbocycles. The Morgan fingerprint density at radius 3 is 3.00 bits per heavy atom. The van der Waals surface area contributed by atoms with Gasteiger partial charge in [-0.05, 0) is 0 Å². The van der Waals surface area contributed by atoms with Crippen LogP contribution in [0.25, 0.3) is 10.9 Å². The topological polar surface area (TPSA) is 38.7 Å². The molecule has 0 spiro atoms. The lowest BCUT2D eigenvalue weighted by Crippen LogP contribution is -1.80. The van der Waals surface area contributed by atoms with Crippen LogP contribution >= 0.6 is 0 Å². The first kappa shape index (κ1) is 5.29. The summed E-state index contributed by atoms with van der Waals surface area (Å²) in [5.41, 5.74) is 0.810. The highest BCUT2D eigenvalue weighted by molar-refractivity contribution is 5.74. The van der Waals surface area contributed by atoms with Gasteiger partial charge in [-0.25, -0.2) is 9.97 Å². The van der Waals surface area contributed by atoms with Crippen LogP contribution in [0.5, 0.6) is 0 Å². The first-order valence-electron chi connectivity index (χ1n) is 2.88. The summed E-state index contributed by atoms with van der Waals surface area (Å²) in [5, 5.41) is 0.921. The Labute approximate surface area is 57.8 Å². The van der Waals surface area contributed by atoms with Gasteiger partial charge in [0.05, 0.1) is 5.52 Å². The summed E-state index contributed by atoms with van der Waals surface area (Å²) in [5.74, 6) is 0. The maximum absolute atomic E-state index is 3.97. The third-order valence-corrected chi connectivity index (χ3v) is 1.23. The van der Waals surface area contributed by atoms with Crippen molar-refractivity contribution in [1.29, 1.82) is 0 Å². The molecule has 10 heavy (non-hydrogen) atoms. The molecule has 0 N–H and O–H groups in total. The predicted octanol–water partition coefficient (Wildman–Crippen LogP) is 0.825. The molecule has 0 atom stereocenters. The van der Waals surface area contributed by atoms with Gasteiger partial charge >= 0.3 is 0 Å². The van der Waals surface area contributed by atoms with E-state index in [4.69, 9.17) is 0 Å². The van der Waals surface area contributed by atoms with E-state index >= 15 is 0 Å². The zero-order chi connectivity index (χ0) is 6.81. The number of aromatic nitrogens is 3. The van der Waals surface area contributed by atoms with Crippen LogP contribution in [0.1, 0.15) is 0 Å². The first-order valence-corrected chi connectivity index (χ1v) is 2.88. The summed E-state index contributed by atoms with van der Waals surface area (Å²) in [4.78, 5) is 11.7. The van der Waals surface area contributed by atoms with Gasteiger partial charge < -0.3 is 0 Å². The monoisotopic (exact) mass is 130 g/mol. The maximum Gasteiger partial charge on any atom is 0.116 e. The molecule has 2 aromatic rings. The largest absolute Gasteiger partial charge is 0.263 e. The molecular formula is C7H4N3. The summed E-state index contributed by atoms with van der Waals surface area (Å²) >= 11 is 0. The molecule has 0 saturated carbocycles. The van der Waals surface area contributed by atoms with Gasteiger partial charge in [-0.15, -0.1) is 0 Å². The lowest BCUT2D eigenvalue weighted by atomic mass is 10.3. The average molecular weight is 130 g/mol. The van der Waals surface area contributed by atoms with Gasteiger partial charge in [-0.3, -0.25) is 4.98 Å². The minimum atomic E-state index is 0.810. The van der Waals surface area contributed by atoms with Crippen LogP contribution in [0.2, 0.25) is 0 Å². The fourth-order valence-electron chi connectivity index (χ4n) is 0.771. The van der Waals surface area contributed by atoms with E-state index in [-0.39, 0.29) is 0 Å². The minimum Gasteiger partial charge on any atom is -0.263 e. The zero-order valence-electron chi connectivity index (χ0n) is 5.15. The van der Waals surface area contributed by atoms with Crippen LogP contribution in [-0.2, 0) is 0 Å². The number of fused-ring (bicyclic) bond motifs is 1. The van der Waals surface area contributed by atoms with Crippen molar-refractivity contribution in [2.75, 3.05) is 0 Å². The highest BCUT2D eigenvalue weighted by Crippen LogP contribution is 2.03. The fraction of sp³-hybridized carbons (Fsp3) is 0. The predicted molar refractivity (Wildman–Crippen MR) is 36.2 cm³/mol. The molecular weight excluding hydrogens is 126 g/mol. The SMILES string of the molecule is [c]1cncc2cncnc12. The molecule has 0 saturated heterocycles. The van der Waals surface area contributed by atoms with Gasteiger partial charge in [-0.2, -0.15) is 0 Å². The van der Waals surface area contributed by atoms with Crippen molar-refractivity contribution >= 4 is 10.9 Å². The number of hydrogen-bond donors (Lipinski definition) is 0. The summed E-state index contributed by atoms with van der Waals surface area (Å²) in [6, 6.07) is 2.89. The molecule has 3 nitrogen and oxygen atoms in total. The molecule has 0 aliphatic rings. The fourth-order valence-corrected chi connectivity index (χ4v) is 0.771. The van der Waals surface area contributed by atoms with Crippen molar-refractivity contribution in [3.63, 3.8) is 0 Å². The molecule has 0 fully saturated rings. The molecule has 2 heterocycles. The summed E-state index contributed by atoms with van der Waals surface area (Å²) in [6.45, 7) is 0. The normalized spacial score (nSPS) is 10.0. The van der Waals surface area contributed by atoms with Crippen LogP contribution in [-0.4, -0.2) is 15.0 Å². The van der Waals surface area contributed by atoms with Gasteiger partial charge in [0.1, 0.15) is 6.33 Å². The van der Waals surface area contributed by atoms with Gasteiger partial charge in [0.15, 0.2) is 0 Å². The third-order valence-electron chi connectivity index (χ3n) is 1.23. The Hall–Kier alpha value is -1.51. The minimum absolute atomic E-state index is 0.810. The van der Waals surface area contributed by atoms with Crippen molar-refractivity contribution in [3.05, 3.63) is 31.0 Å². The highest BCUT2D eigenvalue weighted by Gasteiger charge is 1.89. The molecule has 2 aromatic heterocycles. The maximum atomic E-state index is 3.97. The second-order valence-electron chi connectivity index (χ2n) is 1.88. The van der Waals surface area contributed by atoms with Crippen molar-refractivity contribution in [1.82, 2.24) is 15.0 Å². The molecule has 0 bridgehead atoms. The molecule has 0 aliphatic heterocycles. The molecule has 1 radical (unpaired) electrons. The molecule has 0 unspecified atom stereocenters. The van der Waals surface area contributed by atoms with E-state index in [0.29, 0.717) is 0 Å². The lowest BCUT2D eigenvalue weighted by molar-refractivity contribution is 1.20. The van der Waals surface area contributed by atoms with Crippen molar-refractivity contribution in [2.45, 2.75) is 0 Å². The molecule has 47 valence electrons. The first-order chi connectivity index (χ1) is 4.97. The summed E-state index contributed by atoms with van der Waals surface area (Å²) in [7, 11) is 0. The molecule has 0 aromatic carbocycles. The van der Waals surface area contributed by atoms with E-state index in [1.54, 1.807) is 18.6 Å². The number of hydrogen-bond acceptors (Lipinski definition) is 3. The van der Waals surface area contributed by atoms with Gasteiger partial charge in [0.25, 0.3) is 0 Å². The van der Waals surface area contributed by atoms with E-state index in [2.05, 4.69) is 21.0 Å². The van der Waals surface area contributed by atoms with E-state index in [1.807, 2.05) is 0 Å². The van der Waals surface area contributed by atoms with Gasteiger partial charge in [-0.1, -0.05) is 0 Å². The van der Waals surface area contributed by atoms with E-state index in [1.165, 1.54) is 6.33 Å². The molecule has 3 heteroatoms. The van der Waals surface area contributed by atoms with Crippen LogP contribution in [0.4, 0.5) is 0 Å².